The number of urea groups is 1. The number of carbonyl (C=O) groups excluding carboxylic acids is 1. The Kier molecular flexibility index (Phi) is 1.54. The van der Waals surface area contributed by atoms with Crippen LogP contribution in [0.25, 0.3) is 0 Å². The number of aliphatic imine (C=N–C) groups is 1. The normalized spacial score (nSPS) is 16.9. The third-order valence-corrected chi connectivity index (χ3v) is 1.12. The first kappa shape index (κ1) is 6.55. The van der Waals surface area contributed by atoms with Crippen molar-refractivity contribution in [2.24, 2.45) is 10.7 Å². The van der Waals surface area contributed by atoms with Gasteiger partial charge in [-0.25, -0.2) is 4.79 Å². The average Bonchev–Trinajstić information content (AvgIpc) is 2.13. The molecular formula is C5H6N4O. The average molecular weight is 138 g/mol. The van der Waals surface area contributed by atoms with Crippen molar-refractivity contribution in [2.75, 3.05) is 13.1 Å². The van der Waals surface area contributed by atoms with Crippen LogP contribution in [-0.2, 0) is 0 Å². The van der Waals surface area contributed by atoms with Gasteiger partial charge in [0.1, 0.15) is 12.4 Å². The molecule has 0 aromatic heterocycles. The lowest BCUT2D eigenvalue weighted by Gasteiger charge is -2.06. The standard InChI is InChI=1S/C5H6N4O/c6-1-2-9-3-4(7)8-5(9)10/h2-3H2,(H2,7,8,10). The van der Waals surface area contributed by atoms with Gasteiger partial charge in [0.05, 0.1) is 12.6 Å². The largest absolute Gasteiger partial charge is 0.385 e. The predicted molar refractivity (Wildman–Crippen MR) is 34.2 cm³/mol. The fourth-order valence-corrected chi connectivity index (χ4v) is 0.701. The summed E-state index contributed by atoms with van der Waals surface area (Å²) >= 11 is 0. The Hall–Kier alpha value is -1.57. The number of nitriles is 1. The lowest BCUT2D eigenvalue weighted by Crippen LogP contribution is -2.28. The third-order valence-electron chi connectivity index (χ3n) is 1.12. The van der Waals surface area contributed by atoms with Crippen LogP contribution in [0, 0.1) is 11.3 Å². The van der Waals surface area contributed by atoms with Gasteiger partial charge in [-0.1, -0.05) is 0 Å². The van der Waals surface area contributed by atoms with Crippen molar-refractivity contribution in [3.63, 3.8) is 0 Å². The van der Waals surface area contributed by atoms with Gasteiger partial charge in [0, 0.05) is 0 Å². The van der Waals surface area contributed by atoms with Crippen LogP contribution < -0.4 is 5.73 Å². The van der Waals surface area contributed by atoms with E-state index in [1.807, 2.05) is 6.07 Å². The van der Waals surface area contributed by atoms with Gasteiger partial charge in [0.25, 0.3) is 0 Å². The molecule has 1 aliphatic rings. The van der Waals surface area contributed by atoms with Crippen LogP contribution in [-0.4, -0.2) is 29.9 Å². The van der Waals surface area contributed by atoms with Crippen molar-refractivity contribution in [2.45, 2.75) is 0 Å². The summed E-state index contributed by atoms with van der Waals surface area (Å²) in [5.41, 5.74) is 5.22. The quantitative estimate of drug-likeness (QED) is 0.486. The summed E-state index contributed by atoms with van der Waals surface area (Å²) in [6, 6.07) is 1.42. The topological polar surface area (TPSA) is 82.5 Å². The zero-order valence-electron chi connectivity index (χ0n) is 5.24. The number of hydrogen-bond donors (Lipinski definition) is 1. The molecule has 0 saturated carbocycles. The molecular weight excluding hydrogens is 132 g/mol. The van der Waals surface area contributed by atoms with Gasteiger partial charge < -0.3 is 10.6 Å². The number of hydrogen-bond acceptors (Lipinski definition) is 3. The Morgan fingerprint density at radius 2 is 2.60 bits per heavy atom. The molecule has 1 rings (SSSR count). The fourth-order valence-electron chi connectivity index (χ4n) is 0.701. The highest BCUT2D eigenvalue weighted by atomic mass is 16.2. The molecule has 0 aliphatic carbocycles. The van der Waals surface area contributed by atoms with E-state index >= 15 is 0 Å². The Bertz CT molecular complexity index is 226. The maximum absolute atomic E-state index is 10.7. The molecule has 1 heterocycles. The summed E-state index contributed by atoms with van der Waals surface area (Å²) in [5, 5.41) is 8.20. The van der Waals surface area contributed by atoms with Crippen molar-refractivity contribution in [1.29, 1.82) is 5.26 Å². The zero-order chi connectivity index (χ0) is 7.56. The van der Waals surface area contributed by atoms with Gasteiger partial charge >= 0.3 is 6.03 Å². The Morgan fingerprint density at radius 1 is 1.90 bits per heavy atom. The highest BCUT2D eigenvalue weighted by Crippen LogP contribution is 1.99. The van der Waals surface area contributed by atoms with E-state index in [0.29, 0.717) is 0 Å². The molecule has 5 nitrogen and oxygen atoms in total. The summed E-state index contributed by atoms with van der Waals surface area (Å²) in [4.78, 5) is 15.4. The first-order valence-corrected chi connectivity index (χ1v) is 2.73. The van der Waals surface area contributed by atoms with E-state index in [2.05, 4.69) is 4.99 Å². The van der Waals surface area contributed by atoms with Gasteiger partial charge in [0.2, 0.25) is 0 Å². The van der Waals surface area contributed by atoms with Crippen LogP contribution in [0.1, 0.15) is 0 Å². The molecule has 0 saturated heterocycles. The van der Waals surface area contributed by atoms with Gasteiger partial charge in [-0.05, 0) is 0 Å². The van der Waals surface area contributed by atoms with E-state index in [-0.39, 0.29) is 18.9 Å². The number of nitrogens with two attached hydrogens (primary N) is 1. The van der Waals surface area contributed by atoms with Gasteiger partial charge in [-0.2, -0.15) is 10.3 Å². The zero-order valence-corrected chi connectivity index (χ0v) is 5.24. The Balaban J connectivity index is 2.57. The van der Waals surface area contributed by atoms with Crippen LogP contribution >= 0.6 is 0 Å². The van der Waals surface area contributed by atoms with Crippen molar-refractivity contribution in [3.8, 4) is 6.07 Å². The molecule has 0 fully saturated rings. The van der Waals surface area contributed by atoms with E-state index < -0.39 is 6.03 Å². The summed E-state index contributed by atoms with van der Waals surface area (Å²) in [5.74, 6) is 0.278. The molecule has 10 heavy (non-hydrogen) atoms. The molecule has 1 aliphatic heterocycles. The lowest BCUT2D eigenvalue weighted by molar-refractivity contribution is 0.224. The van der Waals surface area contributed by atoms with E-state index in [1.165, 1.54) is 4.90 Å². The van der Waals surface area contributed by atoms with E-state index in [4.69, 9.17) is 11.0 Å². The van der Waals surface area contributed by atoms with Crippen molar-refractivity contribution < 1.29 is 4.79 Å². The highest BCUT2D eigenvalue weighted by molar-refractivity contribution is 6.00. The molecule has 0 radical (unpaired) electrons. The molecule has 0 bridgehead atoms. The fraction of sp³-hybridized carbons (Fsp3) is 0.400. The van der Waals surface area contributed by atoms with E-state index in [9.17, 15) is 4.79 Å². The molecule has 0 spiro atoms. The van der Waals surface area contributed by atoms with Crippen LogP contribution in [0.4, 0.5) is 4.79 Å². The van der Waals surface area contributed by atoms with Crippen LogP contribution in [0.2, 0.25) is 0 Å². The predicted octanol–water partition coefficient (Wildman–Crippen LogP) is -0.697. The first-order chi connectivity index (χ1) is 4.74. The van der Waals surface area contributed by atoms with Crippen LogP contribution in [0.5, 0.6) is 0 Å². The minimum atomic E-state index is -0.418. The van der Waals surface area contributed by atoms with E-state index in [0.717, 1.165) is 0 Å². The lowest BCUT2D eigenvalue weighted by atomic mass is 10.5. The van der Waals surface area contributed by atoms with Gasteiger partial charge in [-0.15, -0.1) is 0 Å². The molecule has 5 heteroatoms. The number of carbonyl (C=O) groups is 1. The smallest absolute Gasteiger partial charge is 0.346 e. The van der Waals surface area contributed by atoms with Crippen molar-refractivity contribution in [3.05, 3.63) is 0 Å². The second kappa shape index (κ2) is 2.35. The van der Waals surface area contributed by atoms with Crippen molar-refractivity contribution >= 4 is 11.9 Å². The van der Waals surface area contributed by atoms with Crippen molar-refractivity contribution in [1.82, 2.24) is 4.90 Å². The summed E-state index contributed by atoms with van der Waals surface area (Å²) < 4.78 is 0. The minimum Gasteiger partial charge on any atom is -0.385 e. The summed E-state index contributed by atoms with van der Waals surface area (Å²) in [6.07, 6.45) is 0. The molecule has 52 valence electrons. The molecule has 2 amide bonds. The monoisotopic (exact) mass is 138 g/mol. The molecule has 0 aromatic carbocycles. The SMILES string of the molecule is N#CCN1CC(N)=NC1=O. The van der Waals surface area contributed by atoms with Gasteiger partial charge in [-0.3, -0.25) is 0 Å². The minimum absolute atomic E-state index is 0.0586. The van der Waals surface area contributed by atoms with Gasteiger partial charge in [0.15, 0.2) is 0 Å². The van der Waals surface area contributed by atoms with E-state index in [1.54, 1.807) is 0 Å². The number of amidine groups is 1. The number of amides is 2. The molecule has 0 aromatic rings. The maximum atomic E-state index is 10.7. The van der Waals surface area contributed by atoms with Crippen LogP contribution in [0.15, 0.2) is 4.99 Å². The highest BCUT2D eigenvalue weighted by Gasteiger charge is 2.20. The summed E-state index contributed by atoms with van der Waals surface area (Å²) in [6.45, 7) is 0.343. The second-order valence-electron chi connectivity index (χ2n) is 1.90. The summed E-state index contributed by atoms with van der Waals surface area (Å²) in [7, 11) is 0. The first-order valence-electron chi connectivity index (χ1n) is 2.73. The Morgan fingerprint density at radius 3 is 3.00 bits per heavy atom. The Labute approximate surface area is 57.7 Å². The second-order valence-corrected chi connectivity index (χ2v) is 1.90. The van der Waals surface area contributed by atoms with Crippen LogP contribution in [0.3, 0.4) is 0 Å². The molecule has 2 N–H and O–H groups in total. The molecule has 0 atom stereocenters. The molecule has 0 unspecified atom stereocenters. The maximum Gasteiger partial charge on any atom is 0.346 e. The number of nitrogens with zero attached hydrogens (tertiary/aromatic N) is 3. The third kappa shape index (κ3) is 1.05. The number of rotatable bonds is 1.